The first kappa shape index (κ1) is 16.2. The molecule has 1 aromatic carbocycles. The molecule has 4 rings (SSSR count). The van der Waals surface area contributed by atoms with Gasteiger partial charge in [-0.3, -0.25) is 4.98 Å². The predicted molar refractivity (Wildman–Crippen MR) is 103 cm³/mol. The molecule has 0 amide bonds. The second-order valence-electron chi connectivity index (χ2n) is 6.05. The van der Waals surface area contributed by atoms with Crippen LogP contribution in [0, 0.1) is 11.3 Å². The van der Waals surface area contributed by atoms with E-state index in [2.05, 4.69) is 44.6 Å². The van der Waals surface area contributed by atoms with Gasteiger partial charge in [-0.1, -0.05) is 24.3 Å². The maximum Gasteiger partial charge on any atom is 0.110 e. The molecule has 0 saturated heterocycles. The van der Waals surface area contributed by atoms with Gasteiger partial charge in [0.25, 0.3) is 0 Å². The minimum atomic E-state index is 0.678. The summed E-state index contributed by atoms with van der Waals surface area (Å²) in [5, 5.41) is 10.9. The molecule has 0 fully saturated rings. The number of nitriles is 1. The van der Waals surface area contributed by atoms with Crippen molar-refractivity contribution in [3.63, 3.8) is 0 Å². The van der Waals surface area contributed by atoms with Gasteiger partial charge in [-0.05, 0) is 40.8 Å². The molecule has 0 aliphatic carbocycles. The van der Waals surface area contributed by atoms with Crippen LogP contribution in [-0.4, -0.2) is 15.0 Å². The molecule has 4 aromatic rings. The van der Waals surface area contributed by atoms with Crippen molar-refractivity contribution in [2.45, 2.75) is 12.8 Å². The van der Waals surface area contributed by atoms with Gasteiger partial charge >= 0.3 is 0 Å². The largest absolute Gasteiger partial charge is 0.345 e. The summed E-state index contributed by atoms with van der Waals surface area (Å²) in [7, 11) is 0. The van der Waals surface area contributed by atoms with E-state index >= 15 is 0 Å². The van der Waals surface area contributed by atoms with Crippen molar-refractivity contribution < 1.29 is 0 Å². The monoisotopic (exact) mass is 356 g/mol. The number of hydrogen-bond acceptors (Lipinski definition) is 4. The number of hydrogen-bond donors (Lipinski definition) is 1. The van der Waals surface area contributed by atoms with Crippen LogP contribution < -0.4 is 0 Å². The van der Waals surface area contributed by atoms with Gasteiger partial charge in [0, 0.05) is 30.9 Å². The van der Waals surface area contributed by atoms with E-state index in [4.69, 9.17) is 5.26 Å². The van der Waals surface area contributed by atoms with E-state index < -0.39 is 0 Å². The molecule has 126 valence electrons. The van der Waals surface area contributed by atoms with Gasteiger partial charge in [0.05, 0.1) is 22.2 Å². The van der Waals surface area contributed by atoms with Gasteiger partial charge < -0.3 is 4.98 Å². The average molecular weight is 356 g/mol. The van der Waals surface area contributed by atoms with Crippen molar-refractivity contribution >= 4 is 11.3 Å². The highest BCUT2D eigenvalue weighted by Crippen LogP contribution is 2.22. The molecule has 0 unspecified atom stereocenters. The summed E-state index contributed by atoms with van der Waals surface area (Å²) in [6, 6.07) is 18.0. The van der Waals surface area contributed by atoms with Crippen LogP contribution >= 0.6 is 11.3 Å². The summed E-state index contributed by atoms with van der Waals surface area (Å²) in [5.41, 5.74) is 5.03. The fourth-order valence-electron chi connectivity index (χ4n) is 2.79. The van der Waals surface area contributed by atoms with Crippen LogP contribution in [0.3, 0.4) is 0 Å². The van der Waals surface area contributed by atoms with E-state index in [1.807, 2.05) is 42.7 Å². The lowest BCUT2D eigenvalue weighted by Gasteiger charge is -2.01. The van der Waals surface area contributed by atoms with Crippen LogP contribution in [0.15, 0.2) is 66.3 Å². The number of pyridine rings is 1. The molecule has 0 aliphatic heterocycles. The first-order valence-corrected chi connectivity index (χ1v) is 9.19. The van der Waals surface area contributed by atoms with Crippen molar-refractivity contribution in [1.29, 1.82) is 5.26 Å². The first-order chi connectivity index (χ1) is 12.8. The second-order valence-corrected chi connectivity index (χ2v) is 6.99. The Bertz CT molecular complexity index is 1020. The Hall–Kier alpha value is -3.23. The maximum absolute atomic E-state index is 8.86. The van der Waals surface area contributed by atoms with Crippen molar-refractivity contribution in [3.8, 4) is 16.6 Å². The Morgan fingerprint density at radius 2 is 1.77 bits per heavy atom. The number of rotatable bonds is 5. The zero-order valence-corrected chi connectivity index (χ0v) is 14.8. The third-order valence-electron chi connectivity index (χ3n) is 4.13. The number of nitrogens with zero attached hydrogens (tertiary/aromatic N) is 3. The molecule has 0 aliphatic rings. The highest BCUT2D eigenvalue weighted by molar-refractivity contribution is 7.13. The lowest BCUT2D eigenvalue weighted by molar-refractivity contribution is 0.992. The number of H-pyrrole nitrogens is 1. The van der Waals surface area contributed by atoms with Crippen molar-refractivity contribution in [3.05, 3.63) is 94.5 Å². The van der Waals surface area contributed by atoms with Crippen LogP contribution in [0.4, 0.5) is 0 Å². The van der Waals surface area contributed by atoms with E-state index in [0.717, 1.165) is 41.2 Å². The number of aromatic amines is 1. The SMILES string of the molecule is N#Cc1ccc(Cc2cnc(Cc3ccc(-c4cccs4)nc3)[nH]2)cc1. The van der Waals surface area contributed by atoms with Gasteiger partial charge in [-0.25, -0.2) is 4.98 Å². The molecule has 5 heteroatoms. The number of thiophene rings is 1. The third-order valence-corrected chi connectivity index (χ3v) is 5.02. The topological polar surface area (TPSA) is 65.4 Å². The number of aromatic nitrogens is 3. The Morgan fingerprint density at radius 1 is 0.923 bits per heavy atom. The van der Waals surface area contributed by atoms with E-state index in [9.17, 15) is 0 Å². The molecule has 0 radical (unpaired) electrons. The van der Waals surface area contributed by atoms with Gasteiger partial charge in [-0.2, -0.15) is 5.26 Å². The lowest BCUT2D eigenvalue weighted by atomic mass is 10.1. The summed E-state index contributed by atoms with van der Waals surface area (Å²) in [4.78, 5) is 13.6. The Kier molecular flexibility index (Phi) is 4.59. The summed E-state index contributed by atoms with van der Waals surface area (Å²) in [6.07, 6.45) is 5.29. The summed E-state index contributed by atoms with van der Waals surface area (Å²) >= 11 is 1.69. The second kappa shape index (κ2) is 7.34. The lowest BCUT2D eigenvalue weighted by Crippen LogP contribution is -1.94. The quantitative estimate of drug-likeness (QED) is 0.569. The van der Waals surface area contributed by atoms with Crippen LogP contribution in [-0.2, 0) is 12.8 Å². The highest BCUT2D eigenvalue weighted by Gasteiger charge is 2.05. The third kappa shape index (κ3) is 3.71. The molecule has 3 aromatic heterocycles. The minimum Gasteiger partial charge on any atom is -0.345 e. The van der Waals surface area contributed by atoms with Crippen LogP contribution in [0.5, 0.6) is 0 Å². The fraction of sp³-hybridized carbons (Fsp3) is 0.0952. The molecule has 3 heterocycles. The molecule has 0 spiro atoms. The standard InChI is InChI=1S/C21H16N4S/c22-12-16-5-3-15(4-6-16)10-18-14-24-21(25-18)11-17-7-8-19(23-13-17)20-2-1-9-26-20/h1-9,13-14H,10-11H2,(H,24,25). The first-order valence-electron chi connectivity index (χ1n) is 8.31. The number of imidazole rings is 1. The molecular formula is C21H16N4S. The summed E-state index contributed by atoms with van der Waals surface area (Å²) in [5.74, 6) is 0.930. The van der Waals surface area contributed by atoms with E-state index in [-0.39, 0.29) is 0 Å². The van der Waals surface area contributed by atoms with Crippen LogP contribution in [0.1, 0.15) is 28.2 Å². The van der Waals surface area contributed by atoms with E-state index in [1.54, 1.807) is 11.3 Å². The normalized spacial score (nSPS) is 10.6. The Labute approximate surface area is 155 Å². The van der Waals surface area contributed by atoms with E-state index in [1.165, 1.54) is 4.88 Å². The fourth-order valence-corrected chi connectivity index (χ4v) is 3.50. The van der Waals surface area contributed by atoms with Crippen molar-refractivity contribution in [2.24, 2.45) is 0 Å². The maximum atomic E-state index is 8.86. The Morgan fingerprint density at radius 3 is 2.46 bits per heavy atom. The minimum absolute atomic E-state index is 0.678. The van der Waals surface area contributed by atoms with Crippen molar-refractivity contribution in [1.82, 2.24) is 15.0 Å². The number of benzene rings is 1. The molecule has 4 nitrogen and oxygen atoms in total. The molecule has 0 atom stereocenters. The smallest absolute Gasteiger partial charge is 0.110 e. The van der Waals surface area contributed by atoms with Gasteiger partial charge in [0.15, 0.2) is 0 Å². The van der Waals surface area contributed by atoms with Gasteiger partial charge in [0.2, 0.25) is 0 Å². The molecule has 0 bridgehead atoms. The zero-order valence-electron chi connectivity index (χ0n) is 14.0. The molecule has 0 saturated carbocycles. The average Bonchev–Trinajstić information content (AvgIpc) is 3.35. The van der Waals surface area contributed by atoms with Crippen molar-refractivity contribution in [2.75, 3.05) is 0 Å². The summed E-state index contributed by atoms with van der Waals surface area (Å²) < 4.78 is 0. The zero-order chi connectivity index (χ0) is 17.8. The van der Waals surface area contributed by atoms with E-state index in [0.29, 0.717) is 5.56 Å². The molecular weight excluding hydrogens is 340 g/mol. The number of nitrogens with one attached hydrogen (secondary N) is 1. The Balaban J connectivity index is 1.42. The molecule has 26 heavy (non-hydrogen) atoms. The van der Waals surface area contributed by atoms with Gasteiger partial charge in [-0.15, -0.1) is 11.3 Å². The highest BCUT2D eigenvalue weighted by atomic mass is 32.1. The van der Waals surface area contributed by atoms with Crippen LogP contribution in [0.2, 0.25) is 0 Å². The predicted octanol–water partition coefficient (Wildman–Crippen LogP) is 4.59. The molecule has 1 N–H and O–H groups in total. The summed E-state index contributed by atoms with van der Waals surface area (Å²) in [6.45, 7) is 0. The van der Waals surface area contributed by atoms with Gasteiger partial charge in [0.1, 0.15) is 5.82 Å². The van der Waals surface area contributed by atoms with Crippen LogP contribution in [0.25, 0.3) is 10.6 Å².